The first-order valence-electron chi connectivity index (χ1n) is 11.4. The fraction of sp³-hybridized carbons (Fsp3) is 0.667. The number of rotatable bonds is 7. The largest absolute Gasteiger partial charge is 0.327 e. The van der Waals surface area contributed by atoms with Crippen molar-refractivity contribution in [2.24, 2.45) is 0 Å². The molecule has 4 rings (SSSR count). The van der Waals surface area contributed by atoms with Crippen molar-refractivity contribution in [3.63, 3.8) is 0 Å². The van der Waals surface area contributed by atoms with Gasteiger partial charge in [-0.15, -0.1) is 0 Å². The lowest BCUT2D eigenvalue weighted by Gasteiger charge is -2.31. The molecule has 1 aromatic heterocycles. The van der Waals surface area contributed by atoms with E-state index in [2.05, 4.69) is 21.1 Å². The number of nitrogens with zero attached hydrogens (tertiary/aromatic N) is 4. The number of likely N-dealkylation sites (tertiary alicyclic amines) is 1. The van der Waals surface area contributed by atoms with Gasteiger partial charge in [0.05, 0.1) is 28.7 Å². The third-order valence-electron chi connectivity index (χ3n) is 6.40. The Kier molecular flexibility index (Phi) is 6.92. The molecule has 9 nitrogen and oxygen atoms in total. The highest BCUT2D eigenvalue weighted by molar-refractivity contribution is 7.89. The Balaban J connectivity index is 1.52. The minimum atomic E-state index is -3.49. The van der Waals surface area contributed by atoms with Gasteiger partial charge in [-0.05, 0) is 50.8 Å². The van der Waals surface area contributed by atoms with E-state index in [0.717, 1.165) is 63.1 Å². The van der Waals surface area contributed by atoms with Gasteiger partial charge >= 0.3 is 0 Å². The molecule has 1 N–H and O–H groups in total. The summed E-state index contributed by atoms with van der Waals surface area (Å²) in [5, 5.41) is 0. The molecule has 32 heavy (non-hydrogen) atoms. The summed E-state index contributed by atoms with van der Waals surface area (Å²) >= 11 is 0. The fourth-order valence-electron chi connectivity index (χ4n) is 4.76. The number of benzene rings is 1. The lowest BCUT2D eigenvalue weighted by atomic mass is 10.1. The number of hydrogen-bond acceptors (Lipinski definition) is 6. The molecule has 2 aliphatic rings. The average molecular weight is 484 g/mol. The standard InChI is InChI=1S/C21H33N5O4S2/c1-3-26-20-8-7-18(32(29,30)25-11-5-4-6-12-25)15-19(20)22-21(26)16-24-13-9-17(10-14-24)23-31(2,27)28/h7-8,15,17,23H,3-6,9-14,16H2,1-2H3. The number of aromatic nitrogens is 2. The van der Waals surface area contributed by atoms with Gasteiger partial charge in [-0.25, -0.2) is 26.5 Å². The van der Waals surface area contributed by atoms with Crippen molar-refractivity contribution >= 4 is 31.1 Å². The molecule has 0 radical (unpaired) electrons. The van der Waals surface area contributed by atoms with Crippen molar-refractivity contribution < 1.29 is 16.8 Å². The van der Waals surface area contributed by atoms with Crippen LogP contribution in [-0.2, 0) is 33.1 Å². The number of nitrogens with one attached hydrogen (secondary N) is 1. The van der Waals surface area contributed by atoms with Gasteiger partial charge in [-0.2, -0.15) is 4.31 Å². The third-order valence-corrected chi connectivity index (χ3v) is 9.06. The predicted octanol–water partition coefficient (Wildman–Crippen LogP) is 1.74. The second-order valence-corrected chi connectivity index (χ2v) is 12.5. The maximum absolute atomic E-state index is 13.1. The molecular formula is C21H33N5O4S2. The highest BCUT2D eigenvalue weighted by atomic mass is 32.2. The fourth-order valence-corrected chi connectivity index (χ4v) is 7.14. The Labute approximate surface area is 190 Å². The highest BCUT2D eigenvalue weighted by Crippen LogP contribution is 2.26. The Morgan fingerprint density at radius 2 is 1.72 bits per heavy atom. The van der Waals surface area contributed by atoms with E-state index >= 15 is 0 Å². The Bertz CT molecular complexity index is 1160. The van der Waals surface area contributed by atoms with E-state index in [1.807, 2.05) is 6.07 Å². The number of piperidine rings is 2. The van der Waals surface area contributed by atoms with Crippen LogP contribution in [0.3, 0.4) is 0 Å². The highest BCUT2D eigenvalue weighted by Gasteiger charge is 2.27. The van der Waals surface area contributed by atoms with Crippen LogP contribution in [0.25, 0.3) is 11.0 Å². The maximum Gasteiger partial charge on any atom is 0.243 e. The summed E-state index contributed by atoms with van der Waals surface area (Å²) in [6.45, 7) is 6.20. The Morgan fingerprint density at radius 1 is 1.03 bits per heavy atom. The molecule has 0 unspecified atom stereocenters. The van der Waals surface area contributed by atoms with Gasteiger partial charge in [0, 0.05) is 38.8 Å². The van der Waals surface area contributed by atoms with Crippen molar-refractivity contribution in [3.05, 3.63) is 24.0 Å². The van der Waals surface area contributed by atoms with Gasteiger partial charge in [0.2, 0.25) is 20.0 Å². The second kappa shape index (κ2) is 9.38. The lowest BCUT2D eigenvalue weighted by Crippen LogP contribution is -2.44. The molecule has 11 heteroatoms. The summed E-state index contributed by atoms with van der Waals surface area (Å²) in [5.74, 6) is 0.907. The molecule has 178 valence electrons. The van der Waals surface area contributed by atoms with Crippen molar-refractivity contribution in [2.75, 3.05) is 32.4 Å². The molecule has 1 aromatic carbocycles. The van der Waals surface area contributed by atoms with Gasteiger partial charge < -0.3 is 4.57 Å². The van der Waals surface area contributed by atoms with Crippen molar-refractivity contribution in [3.8, 4) is 0 Å². The zero-order valence-corrected chi connectivity index (χ0v) is 20.5. The molecule has 0 bridgehead atoms. The first-order valence-corrected chi connectivity index (χ1v) is 14.7. The van der Waals surface area contributed by atoms with Crippen LogP contribution in [0.2, 0.25) is 0 Å². The number of sulfonamides is 2. The normalized spacial score (nSPS) is 20.2. The van der Waals surface area contributed by atoms with Gasteiger partial charge in [0.1, 0.15) is 5.82 Å². The molecule has 2 fully saturated rings. The van der Waals surface area contributed by atoms with Crippen molar-refractivity contribution in [1.29, 1.82) is 0 Å². The maximum atomic E-state index is 13.1. The number of hydrogen-bond donors (Lipinski definition) is 1. The van der Waals surface area contributed by atoms with Crippen LogP contribution in [-0.4, -0.2) is 74.1 Å². The summed E-state index contributed by atoms with van der Waals surface area (Å²) in [4.78, 5) is 7.39. The molecule has 0 saturated carbocycles. The van der Waals surface area contributed by atoms with E-state index < -0.39 is 20.0 Å². The monoisotopic (exact) mass is 483 g/mol. The van der Waals surface area contributed by atoms with E-state index in [-0.39, 0.29) is 6.04 Å². The summed E-state index contributed by atoms with van der Waals surface area (Å²) in [6.07, 6.45) is 5.62. The summed E-state index contributed by atoms with van der Waals surface area (Å²) in [7, 11) is -6.68. The summed E-state index contributed by atoms with van der Waals surface area (Å²) < 4.78 is 55.5. The average Bonchev–Trinajstić information content (AvgIpc) is 3.11. The predicted molar refractivity (Wildman–Crippen MR) is 124 cm³/mol. The van der Waals surface area contributed by atoms with E-state index in [1.54, 1.807) is 16.4 Å². The quantitative estimate of drug-likeness (QED) is 0.643. The molecule has 0 aliphatic carbocycles. The molecule has 2 aliphatic heterocycles. The van der Waals surface area contributed by atoms with Crippen LogP contribution < -0.4 is 4.72 Å². The summed E-state index contributed by atoms with van der Waals surface area (Å²) in [5.41, 5.74) is 1.64. The third kappa shape index (κ3) is 5.17. The molecular weight excluding hydrogens is 450 g/mol. The molecule has 0 atom stereocenters. The molecule has 2 aromatic rings. The first kappa shape index (κ1) is 23.6. The Morgan fingerprint density at radius 3 is 2.34 bits per heavy atom. The minimum absolute atomic E-state index is 0.0196. The lowest BCUT2D eigenvalue weighted by molar-refractivity contribution is 0.194. The SMILES string of the molecule is CCn1c(CN2CCC(NS(C)(=O)=O)CC2)nc2cc(S(=O)(=O)N3CCCCC3)ccc21. The van der Waals surface area contributed by atoms with E-state index in [0.29, 0.717) is 30.0 Å². The zero-order chi connectivity index (χ0) is 22.9. The molecule has 0 amide bonds. The van der Waals surface area contributed by atoms with Crippen molar-refractivity contribution in [1.82, 2.24) is 23.5 Å². The van der Waals surface area contributed by atoms with E-state index in [1.165, 1.54) is 6.26 Å². The number of imidazole rings is 1. The van der Waals surface area contributed by atoms with Crippen LogP contribution in [0.15, 0.2) is 23.1 Å². The molecule has 0 spiro atoms. The zero-order valence-electron chi connectivity index (χ0n) is 18.8. The van der Waals surface area contributed by atoms with Crippen LogP contribution in [0.4, 0.5) is 0 Å². The van der Waals surface area contributed by atoms with E-state index in [4.69, 9.17) is 4.98 Å². The van der Waals surface area contributed by atoms with Gasteiger partial charge in [-0.3, -0.25) is 4.90 Å². The van der Waals surface area contributed by atoms with Crippen LogP contribution in [0.5, 0.6) is 0 Å². The van der Waals surface area contributed by atoms with Gasteiger partial charge in [0.25, 0.3) is 0 Å². The smallest absolute Gasteiger partial charge is 0.243 e. The van der Waals surface area contributed by atoms with Crippen LogP contribution >= 0.6 is 0 Å². The topological polar surface area (TPSA) is 105 Å². The van der Waals surface area contributed by atoms with Gasteiger partial charge in [0.15, 0.2) is 0 Å². The number of aryl methyl sites for hydroxylation is 1. The molecule has 3 heterocycles. The van der Waals surface area contributed by atoms with Crippen LogP contribution in [0, 0.1) is 0 Å². The van der Waals surface area contributed by atoms with Crippen molar-refractivity contribution in [2.45, 2.75) is 63.1 Å². The number of fused-ring (bicyclic) bond motifs is 1. The Hall–Kier alpha value is -1.53. The second-order valence-electron chi connectivity index (χ2n) is 8.83. The first-order chi connectivity index (χ1) is 15.2. The minimum Gasteiger partial charge on any atom is -0.327 e. The summed E-state index contributed by atoms with van der Waals surface area (Å²) in [6, 6.07) is 5.26. The van der Waals surface area contributed by atoms with E-state index in [9.17, 15) is 16.8 Å². The molecule has 2 saturated heterocycles. The van der Waals surface area contributed by atoms with Gasteiger partial charge in [-0.1, -0.05) is 6.42 Å². The van der Waals surface area contributed by atoms with Crippen LogP contribution in [0.1, 0.15) is 44.9 Å².